The molecule has 0 heterocycles. The molecule has 35 heavy (non-hydrogen) atoms. The molecular formula is C28H24F4O3. The summed E-state index contributed by atoms with van der Waals surface area (Å²) in [5, 5.41) is 0. The third-order valence-electron chi connectivity index (χ3n) is 6.51. The number of methoxy groups -OCH3 is 1. The molecule has 7 heteroatoms. The third-order valence-corrected chi connectivity index (χ3v) is 6.51. The van der Waals surface area contributed by atoms with Gasteiger partial charge in [0.1, 0.15) is 0 Å². The number of rotatable bonds is 6. The molecule has 1 saturated carbocycles. The van der Waals surface area contributed by atoms with E-state index >= 15 is 0 Å². The number of ether oxygens (including phenoxy) is 2. The molecule has 0 spiro atoms. The van der Waals surface area contributed by atoms with Crippen molar-refractivity contribution in [3.8, 4) is 22.6 Å². The molecule has 1 fully saturated rings. The standard InChI is InChI=1S/C28H24F4O3/c1-3-16-4-6-17(7-5-16)21-13-15-23(27(32)25(21)30)35-28(33)19-10-8-18(9-11-19)20-12-14-22(34-2)26(31)24(20)29/h3-7,12-15,18-19H,1,8-11H2,2H3. The van der Waals surface area contributed by atoms with Gasteiger partial charge in [0.2, 0.25) is 11.6 Å². The number of carbonyl (C=O) groups is 1. The van der Waals surface area contributed by atoms with Gasteiger partial charge in [0.05, 0.1) is 13.0 Å². The number of esters is 1. The lowest BCUT2D eigenvalue weighted by Crippen LogP contribution is -2.26. The van der Waals surface area contributed by atoms with E-state index in [1.54, 1.807) is 30.3 Å². The van der Waals surface area contributed by atoms with Crippen molar-refractivity contribution in [2.24, 2.45) is 5.92 Å². The number of benzene rings is 3. The van der Waals surface area contributed by atoms with Gasteiger partial charge in [0.15, 0.2) is 23.1 Å². The second kappa shape index (κ2) is 10.3. The molecule has 1 aliphatic carbocycles. The molecule has 0 saturated heterocycles. The summed E-state index contributed by atoms with van der Waals surface area (Å²) in [4.78, 5) is 12.6. The van der Waals surface area contributed by atoms with Gasteiger partial charge in [-0.25, -0.2) is 8.78 Å². The quantitative estimate of drug-likeness (QED) is 0.207. The third kappa shape index (κ3) is 4.94. The monoisotopic (exact) mass is 484 g/mol. The summed E-state index contributed by atoms with van der Waals surface area (Å²) in [6.07, 6.45) is 3.21. The van der Waals surface area contributed by atoms with Gasteiger partial charge in [-0.05, 0) is 66.5 Å². The van der Waals surface area contributed by atoms with Gasteiger partial charge >= 0.3 is 5.97 Å². The van der Waals surface area contributed by atoms with E-state index in [1.807, 2.05) is 0 Å². The Balaban J connectivity index is 1.42. The Labute approximate surface area is 201 Å². The second-order valence-corrected chi connectivity index (χ2v) is 8.52. The lowest BCUT2D eigenvalue weighted by Gasteiger charge is -2.28. The van der Waals surface area contributed by atoms with Crippen LogP contribution < -0.4 is 9.47 Å². The minimum Gasteiger partial charge on any atom is -0.494 e. The van der Waals surface area contributed by atoms with Crippen molar-refractivity contribution in [2.45, 2.75) is 31.6 Å². The number of halogens is 4. The van der Waals surface area contributed by atoms with E-state index in [0.29, 0.717) is 31.2 Å². The maximum Gasteiger partial charge on any atom is 0.314 e. The van der Waals surface area contributed by atoms with E-state index in [-0.39, 0.29) is 22.8 Å². The van der Waals surface area contributed by atoms with Gasteiger partial charge in [-0.15, -0.1) is 0 Å². The Kier molecular flexibility index (Phi) is 7.24. The van der Waals surface area contributed by atoms with Crippen LogP contribution in [0.2, 0.25) is 0 Å². The van der Waals surface area contributed by atoms with E-state index in [0.717, 1.165) is 5.56 Å². The Bertz CT molecular complexity index is 1250. The molecule has 182 valence electrons. The SMILES string of the molecule is C=Cc1ccc(-c2ccc(OC(=O)C3CCC(c4ccc(OC)c(F)c4F)CC3)c(F)c2F)cc1. The molecule has 0 bridgehead atoms. The fourth-order valence-electron chi connectivity index (χ4n) is 4.48. The van der Waals surface area contributed by atoms with E-state index in [2.05, 4.69) is 6.58 Å². The molecule has 4 rings (SSSR count). The van der Waals surface area contributed by atoms with Gasteiger partial charge in [-0.1, -0.05) is 43.0 Å². The lowest BCUT2D eigenvalue weighted by molar-refractivity contribution is -0.140. The van der Waals surface area contributed by atoms with E-state index < -0.39 is 40.9 Å². The van der Waals surface area contributed by atoms with Crippen LogP contribution in [0.1, 0.15) is 42.7 Å². The highest BCUT2D eigenvalue weighted by Gasteiger charge is 2.31. The van der Waals surface area contributed by atoms with Crippen LogP contribution in [0.15, 0.2) is 55.1 Å². The summed E-state index contributed by atoms with van der Waals surface area (Å²) >= 11 is 0. The van der Waals surface area contributed by atoms with Gasteiger partial charge < -0.3 is 9.47 Å². The summed E-state index contributed by atoms with van der Waals surface area (Å²) in [7, 11) is 1.26. The minimum atomic E-state index is -1.24. The van der Waals surface area contributed by atoms with Crippen LogP contribution in [0, 0.1) is 29.2 Å². The average Bonchev–Trinajstić information content (AvgIpc) is 2.88. The summed E-state index contributed by atoms with van der Waals surface area (Å²) in [6, 6.07) is 12.2. The summed E-state index contributed by atoms with van der Waals surface area (Å²) in [6.45, 7) is 3.66. The molecule has 0 unspecified atom stereocenters. The van der Waals surface area contributed by atoms with Crippen molar-refractivity contribution < 1.29 is 31.8 Å². The van der Waals surface area contributed by atoms with Crippen LogP contribution in [-0.2, 0) is 4.79 Å². The van der Waals surface area contributed by atoms with Crippen LogP contribution in [0.25, 0.3) is 17.2 Å². The zero-order valence-electron chi connectivity index (χ0n) is 19.1. The molecule has 0 aromatic heterocycles. The lowest BCUT2D eigenvalue weighted by atomic mass is 9.78. The van der Waals surface area contributed by atoms with Crippen molar-refractivity contribution in [1.29, 1.82) is 0 Å². The zero-order valence-corrected chi connectivity index (χ0v) is 19.1. The molecule has 0 atom stereocenters. The molecule has 0 amide bonds. The van der Waals surface area contributed by atoms with Crippen molar-refractivity contribution in [1.82, 2.24) is 0 Å². The molecule has 0 N–H and O–H groups in total. The Morgan fingerprint density at radius 2 is 1.46 bits per heavy atom. The number of hydrogen-bond acceptors (Lipinski definition) is 3. The van der Waals surface area contributed by atoms with Crippen LogP contribution in [-0.4, -0.2) is 13.1 Å². The van der Waals surface area contributed by atoms with Crippen molar-refractivity contribution in [2.75, 3.05) is 7.11 Å². The first-order chi connectivity index (χ1) is 16.8. The highest BCUT2D eigenvalue weighted by Crippen LogP contribution is 2.39. The second-order valence-electron chi connectivity index (χ2n) is 8.52. The van der Waals surface area contributed by atoms with Crippen molar-refractivity contribution >= 4 is 12.0 Å². The Morgan fingerprint density at radius 1 is 0.829 bits per heavy atom. The average molecular weight is 484 g/mol. The predicted octanol–water partition coefficient (Wildman–Crippen LogP) is 7.44. The molecule has 3 aromatic rings. The molecule has 1 aliphatic rings. The van der Waals surface area contributed by atoms with Gasteiger partial charge in [-0.3, -0.25) is 4.79 Å². The normalized spacial score (nSPS) is 17.6. The highest BCUT2D eigenvalue weighted by molar-refractivity contribution is 5.76. The predicted molar refractivity (Wildman–Crippen MR) is 125 cm³/mol. The van der Waals surface area contributed by atoms with Crippen LogP contribution in [0.4, 0.5) is 17.6 Å². The summed E-state index contributed by atoms with van der Waals surface area (Å²) in [5.41, 5.74) is 1.60. The summed E-state index contributed by atoms with van der Waals surface area (Å²) < 4.78 is 67.9. The number of hydrogen-bond donors (Lipinski definition) is 0. The molecule has 3 aromatic carbocycles. The largest absolute Gasteiger partial charge is 0.494 e. The van der Waals surface area contributed by atoms with Gasteiger partial charge in [-0.2, -0.15) is 8.78 Å². The van der Waals surface area contributed by atoms with Crippen molar-refractivity contribution in [3.05, 3.63) is 89.5 Å². The van der Waals surface area contributed by atoms with Crippen LogP contribution in [0.5, 0.6) is 11.5 Å². The highest BCUT2D eigenvalue weighted by atomic mass is 19.2. The van der Waals surface area contributed by atoms with E-state index in [9.17, 15) is 22.4 Å². The molecule has 0 radical (unpaired) electrons. The zero-order chi connectivity index (χ0) is 25.1. The summed E-state index contributed by atoms with van der Waals surface area (Å²) in [5.74, 6) is -6.48. The Morgan fingerprint density at radius 3 is 2.09 bits per heavy atom. The van der Waals surface area contributed by atoms with Crippen LogP contribution in [0.3, 0.4) is 0 Å². The topological polar surface area (TPSA) is 35.5 Å². The smallest absolute Gasteiger partial charge is 0.314 e. The number of carbonyl (C=O) groups excluding carboxylic acids is 1. The fourth-order valence-corrected chi connectivity index (χ4v) is 4.48. The maximum absolute atomic E-state index is 14.7. The molecule has 3 nitrogen and oxygen atoms in total. The van der Waals surface area contributed by atoms with Gasteiger partial charge in [0.25, 0.3) is 0 Å². The van der Waals surface area contributed by atoms with E-state index in [1.165, 1.54) is 31.4 Å². The maximum atomic E-state index is 14.7. The first-order valence-corrected chi connectivity index (χ1v) is 11.3. The fraction of sp³-hybridized carbons (Fsp3) is 0.250. The molecular weight excluding hydrogens is 460 g/mol. The van der Waals surface area contributed by atoms with E-state index in [4.69, 9.17) is 9.47 Å². The Hall–Kier alpha value is -3.61. The first-order valence-electron chi connectivity index (χ1n) is 11.3. The van der Waals surface area contributed by atoms with Crippen molar-refractivity contribution in [3.63, 3.8) is 0 Å². The van der Waals surface area contributed by atoms with Crippen LogP contribution >= 0.6 is 0 Å². The first kappa shape index (κ1) is 24.5. The van der Waals surface area contributed by atoms with Gasteiger partial charge in [0, 0.05) is 5.56 Å². The minimum absolute atomic E-state index is 0.0483. The molecule has 0 aliphatic heterocycles.